The standard InChI is InChI=1S/C43H31N5O4/c1-2-47-40-25-27(13-15-34(40)35-16-14-33(26-41(35)47)48(31-9-5-3-6-10-31)32-11-7-4-8-12-32)28-17-19-44-36(21-28)38-23-30(43(51)52)24-39(46-38)37-22-29(42(49)50)18-20-45-37/h3-26H,2H2,1H3,(H,49,50)(H,51,52). The number of benzene rings is 4. The van der Waals surface area contributed by atoms with Gasteiger partial charge in [0.15, 0.2) is 0 Å². The number of aromatic nitrogens is 4. The summed E-state index contributed by atoms with van der Waals surface area (Å²) >= 11 is 0. The van der Waals surface area contributed by atoms with Gasteiger partial charge in [0.2, 0.25) is 0 Å². The summed E-state index contributed by atoms with van der Waals surface area (Å²) in [6.45, 7) is 2.91. The molecule has 8 aromatic rings. The molecule has 0 saturated heterocycles. The van der Waals surface area contributed by atoms with Crippen LogP contribution in [-0.2, 0) is 6.54 Å². The molecular formula is C43H31N5O4. The Morgan fingerprint density at radius 2 is 1.10 bits per heavy atom. The van der Waals surface area contributed by atoms with Crippen molar-refractivity contribution >= 4 is 50.8 Å². The molecule has 0 radical (unpaired) electrons. The van der Waals surface area contributed by atoms with E-state index in [4.69, 9.17) is 0 Å². The average molecular weight is 682 g/mol. The Morgan fingerprint density at radius 3 is 1.71 bits per heavy atom. The second kappa shape index (κ2) is 13.3. The zero-order valence-electron chi connectivity index (χ0n) is 28.0. The van der Waals surface area contributed by atoms with Crippen molar-refractivity contribution in [2.75, 3.05) is 4.90 Å². The minimum absolute atomic E-state index is 0.0129. The molecule has 0 atom stereocenters. The fourth-order valence-electron chi connectivity index (χ4n) is 6.71. The third-order valence-electron chi connectivity index (χ3n) is 9.15. The molecule has 0 unspecified atom stereocenters. The van der Waals surface area contributed by atoms with Crippen LogP contribution in [0.3, 0.4) is 0 Å². The average Bonchev–Trinajstić information content (AvgIpc) is 3.51. The third-order valence-corrected chi connectivity index (χ3v) is 9.15. The molecule has 0 amide bonds. The van der Waals surface area contributed by atoms with Gasteiger partial charge in [-0.1, -0.05) is 54.6 Å². The molecule has 0 bridgehead atoms. The Bertz CT molecular complexity index is 2600. The van der Waals surface area contributed by atoms with Crippen molar-refractivity contribution in [1.29, 1.82) is 0 Å². The van der Waals surface area contributed by atoms with Crippen LogP contribution < -0.4 is 4.90 Å². The van der Waals surface area contributed by atoms with E-state index in [1.807, 2.05) is 48.5 Å². The van der Waals surface area contributed by atoms with Gasteiger partial charge in [0, 0.05) is 52.3 Å². The van der Waals surface area contributed by atoms with E-state index in [1.165, 1.54) is 30.5 Å². The summed E-state index contributed by atoms with van der Waals surface area (Å²) in [6.07, 6.45) is 3.04. The molecule has 0 spiro atoms. The summed E-state index contributed by atoms with van der Waals surface area (Å²) in [5.41, 5.74) is 8.57. The summed E-state index contributed by atoms with van der Waals surface area (Å²) in [5, 5.41) is 21.7. The number of hydrogen-bond acceptors (Lipinski definition) is 6. The van der Waals surface area contributed by atoms with Crippen molar-refractivity contribution in [1.82, 2.24) is 19.5 Å². The van der Waals surface area contributed by atoms with Gasteiger partial charge in [0.1, 0.15) is 0 Å². The monoisotopic (exact) mass is 681 g/mol. The highest BCUT2D eigenvalue weighted by molar-refractivity contribution is 6.10. The van der Waals surface area contributed by atoms with E-state index in [0.29, 0.717) is 11.4 Å². The highest BCUT2D eigenvalue weighted by Gasteiger charge is 2.18. The molecule has 0 fully saturated rings. The number of carbonyl (C=O) groups is 2. The van der Waals surface area contributed by atoms with E-state index in [1.54, 1.807) is 6.20 Å². The smallest absolute Gasteiger partial charge is 0.335 e. The zero-order valence-corrected chi connectivity index (χ0v) is 28.0. The van der Waals surface area contributed by atoms with Gasteiger partial charge in [0.25, 0.3) is 0 Å². The number of rotatable bonds is 9. The number of para-hydroxylation sites is 2. The number of carboxylic acid groups (broad SMARTS) is 2. The summed E-state index contributed by atoms with van der Waals surface area (Å²) in [4.78, 5) is 39.4. The Hall–Kier alpha value is -7.13. The molecule has 9 heteroatoms. The van der Waals surface area contributed by atoms with E-state index in [0.717, 1.165) is 56.5 Å². The molecule has 52 heavy (non-hydrogen) atoms. The second-order valence-corrected chi connectivity index (χ2v) is 12.3. The minimum Gasteiger partial charge on any atom is -0.478 e. The maximum Gasteiger partial charge on any atom is 0.335 e. The fourth-order valence-corrected chi connectivity index (χ4v) is 6.71. The second-order valence-electron chi connectivity index (χ2n) is 12.3. The van der Waals surface area contributed by atoms with Gasteiger partial charge in [-0.2, -0.15) is 0 Å². The first-order valence-corrected chi connectivity index (χ1v) is 16.8. The normalized spacial score (nSPS) is 11.2. The van der Waals surface area contributed by atoms with Crippen LogP contribution in [0.1, 0.15) is 27.6 Å². The first kappa shape index (κ1) is 32.1. The number of pyridine rings is 3. The zero-order chi connectivity index (χ0) is 35.8. The maximum atomic E-state index is 12.1. The van der Waals surface area contributed by atoms with Gasteiger partial charge < -0.3 is 19.7 Å². The first-order chi connectivity index (χ1) is 25.4. The molecule has 4 heterocycles. The largest absolute Gasteiger partial charge is 0.478 e. The molecule has 9 nitrogen and oxygen atoms in total. The lowest BCUT2D eigenvalue weighted by Crippen LogP contribution is -2.09. The van der Waals surface area contributed by atoms with Gasteiger partial charge in [-0.05, 0) is 96.9 Å². The number of aromatic carboxylic acids is 2. The fraction of sp³-hybridized carbons (Fsp3) is 0.0465. The quantitative estimate of drug-likeness (QED) is 0.154. The van der Waals surface area contributed by atoms with Crippen molar-refractivity contribution in [3.05, 3.63) is 157 Å². The Labute approximate surface area is 298 Å². The SMILES string of the molecule is CCn1c2cc(-c3ccnc(-c4cc(C(=O)O)cc(-c5cc(C(=O)O)ccn5)n4)c3)ccc2c2ccc(N(c3ccccc3)c3ccccc3)cc21. The van der Waals surface area contributed by atoms with Gasteiger partial charge >= 0.3 is 11.9 Å². The molecule has 0 aliphatic carbocycles. The van der Waals surface area contributed by atoms with E-state index in [9.17, 15) is 19.8 Å². The molecule has 0 saturated carbocycles. The molecule has 252 valence electrons. The van der Waals surface area contributed by atoms with Gasteiger partial charge in [0.05, 0.1) is 39.4 Å². The lowest BCUT2D eigenvalue weighted by atomic mass is 10.0. The van der Waals surface area contributed by atoms with Gasteiger partial charge in [-0.3, -0.25) is 9.97 Å². The number of anilines is 3. The number of carboxylic acids is 2. The van der Waals surface area contributed by atoms with E-state index >= 15 is 0 Å². The van der Waals surface area contributed by atoms with Crippen molar-refractivity contribution in [2.45, 2.75) is 13.5 Å². The van der Waals surface area contributed by atoms with E-state index < -0.39 is 11.9 Å². The summed E-state index contributed by atoms with van der Waals surface area (Å²) in [6, 6.07) is 43.1. The predicted octanol–water partition coefficient (Wildman–Crippen LogP) is 9.87. The van der Waals surface area contributed by atoms with Crippen LogP contribution in [0.5, 0.6) is 0 Å². The predicted molar refractivity (Wildman–Crippen MR) is 203 cm³/mol. The maximum absolute atomic E-state index is 12.1. The number of hydrogen-bond donors (Lipinski definition) is 2. The van der Waals surface area contributed by atoms with Crippen molar-refractivity contribution in [3.63, 3.8) is 0 Å². The van der Waals surface area contributed by atoms with Crippen LogP contribution in [0.2, 0.25) is 0 Å². The lowest BCUT2D eigenvalue weighted by molar-refractivity contribution is 0.0686. The van der Waals surface area contributed by atoms with E-state index in [-0.39, 0.29) is 22.5 Å². The molecule has 0 aliphatic heterocycles. The molecule has 0 aliphatic rings. The number of nitrogens with zero attached hydrogens (tertiary/aromatic N) is 5. The van der Waals surface area contributed by atoms with Gasteiger partial charge in [-0.15, -0.1) is 0 Å². The van der Waals surface area contributed by atoms with Crippen molar-refractivity contribution < 1.29 is 19.8 Å². The van der Waals surface area contributed by atoms with Crippen molar-refractivity contribution in [3.8, 4) is 33.9 Å². The summed E-state index contributed by atoms with van der Waals surface area (Å²) < 4.78 is 2.33. The van der Waals surface area contributed by atoms with Crippen LogP contribution in [0, 0.1) is 0 Å². The highest BCUT2D eigenvalue weighted by atomic mass is 16.4. The first-order valence-electron chi connectivity index (χ1n) is 16.8. The molecule has 4 aromatic heterocycles. The number of aryl methyl sites for hydroxylation is 1. The summed E-state index contributed by atoms with van der Waals surface area (Å²) in [7, 11) is 0. The highest BCUT2D eigenvalue weighted by Crippen LogP contribution is 2.39. The third kappa shape index (κ3) is 5.90. The Balaban J connectivity index is 1.21. The Morgan fingerprint density at radius 1 is 0.558 bits per heavy atom. The molecular weight excluding hydrogens is 651 g/mol. The number of fused-ring (bicyclic) bond motifs is 3. The van der Waals surface area contributed by atoms with Crippen LogP contribution in [0.15, 0.2) is 146 Å². The topological polar surface area (TPSA) is 121 Å². The van der Waals surface area contributed by atoms with Crippen LogP contribution in [0.4, 0.5) is 17.1 Å². The Kier molecular flexibility index (Phi) is 8.21. The summed E-state index contributed by atoms with van der Waals surface area (Å²) in [5.74, 6) is -2.26. The minimum atomic E-state index is -1.15. The van der Waals surface area contributed by atoms with Crippen LogP contribution in [-0.4, -0.2) is 41.7 Å². The molecule has 4 aromatic carbocycles. The van der Waals surface area contributed by atoms with Crippen LogP contribution >= 0.6 is 0 Å². The van der Waals surface area contributed by atoms with Crippen molar-refractivity contribution in [2.24, 2.45) is 0 Å². The lowest BCUT2D eigenvalue weighted by Gasteiger charge is -2.25. The van der Waals surface area contributed by atoms with Crippen LogP contribution in [0.25, 0.3) is 55.7 Å². The van der Waals surface area contributed by atoms with E-state index in [2.05, 4.69) is 92.0 Å². The molecule has 2 N–H and O–H groups in total. The van der Waals surface area contributed by atoms with Gasteiger partial charge in [-0.25, -0.2) is 14.6 Å². The molecule has 8 rings (SSSR count).